The topological polar surface area (TPSA) is 183 Å². The van der Waals surface area contributed by atoms with Gasteiger partial charge in [0.05, 0.1) is 32.1 Å². The van der Waals surface area contributed by atoms with Crippen LogP contribution >= 0.6 is 0 Å². The van der Waals surface area contributed by atoms with Crippen molar-refractivity contribution < 1.29 is 57.9 Å². The van der Waals surface area contributed by atoms with Gasteiger partial charge < -0.3 is 44.1 Å². The number of carbonyl (C=O) groups is 4. The molecule has 2 amide bonds. The molecule has 15 heteroatoms. The number of likely N-dealkylation sites (N-methyl/N-ethyl adjacent to an activating group) is 1. The summed E-state index contributed by atoms with van der Waals surface area (Å²) in [7, 11) is 1.56. The average molecular weight is 868 g/mol. The minimum atomic E-state index is -1.58. The van der Waals surface area contributed by atoms with Gasteiger partial charge in [-0.1, -0.05) is 78.9 Å². The molecular formula is C48H57N3O12. The molecule has 3 N–H and O–H groups in total. The Bertz CT molecular complexity index is 2170. The van der Waals surface area contributed by atoms with Crippen molar-refractivity contribution in [1.82, 2.24) is 15.3 Å². The zero-order chi connectivity index (χ0) is 44.5. The highest BCUT2D eigenvalue weighted by molar-refractivity contribution is 5.96. The van der Waals surface area contributed by atoms with E-state index in [0.717, 1.165) is 27.8 Å². The fourth-order valence-electron chi connectivity index (χ4n) is 9.87. The second-order valence-corrected chi connectivity index (χ2v) is 18.2. The van der Waals surface area contributed by atoms with E-state index in [0.29, 0.717) is 12.8 Å². The highest BCUT2D eigenvalue weighted by Crippen LogP contribution is 2.59. The quantitative estimate of drug-likeness (QED) is 0.108. The number of aliphatic hydroxyl groups excluding tert-OH is 2. The Balaban J connectivity index is 1.12. The lowest BCUT2D eigenvalue weighted by Crippen LogP contribution is -2.70. The Morgan fingerprint density at radius 2 is 1.67 bits per heavy atom. The number of esters is 2. The molecule has 8 unspecified atom stereocenters. The second-order valence-electron chi connectivity index (χ2n) is 18.2. The third-order valence-corrected chi connectivity index (χ3v) is 12.6. The number of rotatable bonds is 16. The number of ether oxygens (including phenoxy) is 5. The van der Waals surface area contributed by atoms with Crippen molar-refractivity contribution in [1.29, 1.82) is 0 Å². The zero-order valence-electron chi connectivity index (χ0n) is 36.1. The number of nitrogens with zero attached hydrogens (tertiary/aromatic N) is 2. The molecule has 15 nitrogen and oxygen atoms in total. The molecule has 3 aromatic carbocycles. The third-order valence-electron chi connectivity index (χ3n) is 12.6. The first-order valence-corrected chi connectivity index (χ1v) is 21.7. The second kappa shape index (κ2) is 18.1. The van der Waals surface area contributed by atoms with Crippen LogP contribution in [0.5, 0.6) is 0 Å². The summed E-state index contributed by atoms with van der Waals surface area (Å²) in [4.78, 5) is 65.6. The zero-order valence-corrected chi connectivity index (χ0v) is 36.1. The van der Waals surface area contributed by atoms with Crippen molar-refractivity contribution >= 4 is 29.8 Å². The van der Waals surface area contributed by atoms with Crippen LogP contribution in [0.15, 0.2) is 85.1 Å². The van der Waals surface area contributed by atoms with Gasteiger partial charge in [-0.2, -0.15) is 5.06 Å². The van der Waals surface area contributed by atoms with Crippen LogP contribution in [0, 0.1) is 5.41 Å². The maximum atomic E-state index is 15.8. The van der Waals surface area contributed by atoms with E-state index in [1.54, 1.807) is 33.9 Å². The van der Waals surface area contributed by atoms with E-state index in [1.807, 2.05) is 78.9 Å². The lowest BCUT2D eigenvalue weighted by atomic mass is 9.62. The van der Waals surface area contributed by atoms with Crippen LogP contribution in [0.1, 0.15) is 67.9 Å². The first-order valence-electron chi connectivity index (χ1n) is 21.7. The summed E-state index contributed by atoms with van der Waals surface area (Å²) in [5, 5.41) is 23.9. The maximum Gasteiger partial charge on any atom is 0.327 e. The number of fused-ring (bicyclic) bond motifs is 5. The highest BCUT2D eigenvalue weighted by atomic mass is 16.8. The van der Waals surface area contributed by atoms with E-state index in [4.69, 9.17) is 33.6 Å². The molecule has 3 saturated heterocycles. The smallest absolute Gasteiger partial charge is 0.327 e. The Kier molecular flexibility index (Phi) is 12.8. The summed E-state index contributed by atoms with van der Waals surface area (Å²) in [6, 6.07) is 21.7. The molecule has 2 bridgehead atoms. The molecular weight excluding hydrogens is 811 g/mol. The van der Waals surface area contributed by atoms with Gasteiger partial charge in [0, 0.05) is 39.2 Å². The van der Waals surface area contributed by atoms with Crippen LogP contribution in [0.3, 0.4) is 0 Å². The SMILES string of the molecule is CN(C(=O)C12CC3OC(=O)C1N(Cc1cccc(C=COCCO)c1)OC2C1OC2(Cc4ccccc4C2)OC31)C(Cc1ccccc1)C(=O)NC(CO)CCC(=O)OC(C)(C)C. The molecule has 3 aromatic rings. The van der Waals surface area contributed by atoms with Gasteiger partial charge in [0.25, 0.3) is 0 Å². The van der Waals surface area contributed by atoms with Crippen LogP contribution in [-0.2, 0) is 73.5 Å². The molecule has 4 fully saturated rings. The fraction of sp³-hybridized carbons (Fsp3) is 0.500. The molecule has 8 atom stereocenters. The van der Waals surface area contributed by atoms with Gasteiger partial charge in [-0.15, -0.1) is 0 Å². The summed E-state index contributed by atoms with van der Waals surface area (Å²) in [5.74, 6) is -3.21. The Hall–Kier alpha value is -5.16. The van der Waals surface area contributed by atoms with E-state index in [-0.39, 0.29) is 45.4 Å². The molecule has 1 spiro atoms. The number of nitrogens with one attached hydrogen (secondary N) is 1. The number of hydrogen-bond acceptors (Lipinski definition) is 13. The van der Waals surface area contributed by atoms with Gasteiger partial charge in [0.2, 0.25) is 11.8 Å². The molecule has 3 heterocycles. The van der Waals surface area contributed by atoms with Gasteiger partial charge >= 0.3 is 11.9 Å². The maximum absolute atomic E-state index is 15.8. The van der Waals surface area contributed by atoms with Gasteiger partial charge in [-0.3, -0.25) is 24.0 Å². The summed E-state index contributed by atoms with van der Waals surface area (Å²) in [6.07, 6.45) is 1.02. The van der Waals surface area contributed by atoms with Crippen molar-refractivity contribution in [3.8, 4) is 0 Å². The average Bonchev–Trinajstić information content (AvgIpc) is 3.93. The van der Waals surface area contributed by atoms with Gasteiger partial charge in [-0.25, -0.2) is 0 Å². The van der Waals surface area contributed by atoms with E-state index in [2.05, 4.69) is 5.32 Å². The van der Waals surface area contributed by atoms with Crippen LogP contribution < -0.4 is 5.32 Å². The number of aliphatic hydroxyl groups is 2. The first-order chi connectivity index (χ1) is 30.2. The summed E-state index contributed by atoms with van der Waals surface area (Å²) >= 11 is 0. The van der Waals surface area contributed by atoms with Crippen molar-refractivity contribution in [2.75, 3.05) is 26.9 Å². The number of hydroxylamine groups is 2. The lowest BCUT2D eigenvalue weighted by molar-refractivity contribution is -0.218. The molecule has 336 valence electrons. The molecule has 0 aromatic heterocycles. The van der Waals surface area contributed by atoms with Crippen LogP contribution in [0.25, 0.3) is 6.08 Å². The predicted molar refractivity (Wildman–Crippen MR) is 227 cm³/mol. The Morgan fingerprint density at radius 1 is 0.968 bits per heavy atom. The van der Waals surface area contributed by atoms with Crippen LogP contribution in [0.4, 0.5) is 0 Å². The molecule has 3 aliphatic heterocycles. The van der Waals surface area contributed by atoms with Crippen molar-refractivity contribution in [2.45, 2.75) is 120 Å². The molecule has 1 saturated carbocycles. The monoisotopic (exact) mass is 867 g/mol. The molecule has 2 aliphatic carbocycles. The van der Waals surface area contributed by atoms with E-state index < -0.39 is 89.7 Å². The minimum absolute atomic E-state index is 0.0437. The van der Waals surface area contributed by atoms with E-state index in [1.165, 1.54) is 16.2 Å². The normalized spacial score (nSPS) is 26.4. The van der Waals surface area contributed by atoms with Gasteiger partial charge in [-0.05, 0) is 61.1 Å². The van der Waals surface area contributed by atoms with Crippen molar-refractivity contribution in [3.05, 3.63) is 113 Å². The third kappa shape index (κ3) is 9.13. The fourth-order valence-corrected chi connectivity index (χ4v) is 9.87. The van der Waals surface area contributed by atoms with Crippen molar-refractivity contribution in [2.24, 2.45) is 5.41 Å². The standard InChI is InChI=1S/C48H57N3O12/c1-46(2,3)60-38(54)18-17-35(29-53)49-43(55)36(24-30-11-6-5-7-12-30)50(4)45(57)48-27-37-39-40(62-47(61-39)25-33-15-8-9-16-34(33)26-47)42(48)63-51(41(48)44(56)59-37)28-32-14-10-13-31(23-32)19-21-58-22-20-52/h5-16,19,21,23,35-37,39-42,52-53H,17-18,20,22,24-29H2,1-4H3,(H,49,55). The highest BCUT2D eigenvalue weighted by Gasteiger charge is 2.77. The number of benzene rings is 3. The predicted octanol–water partition coefficient (Wildman–Crippen LogP) is 3.41. The largest absolute Gasteiger partial charge is 0.499 e. The van der Waals surface area contributed by atoms with Gasteiger partial charge in [0.1, 0.15) is 48.1 Å². The van der Waals surface area contributed by atoms with Gasteiger partial charge in [0.15, 0.2) is 11.8 Å². The summed E-state index contributed by atoms with van der Waals surface area (Å²) in [5.41, 5.74) is 2.26. The lowest BCUT2D eigenvalue weighted by Gasteiger charge is -2.50. The number of amides is 2. The first kappa shape index (κ1) is 44.4. The molecule has 63 heavy (non-hydrogen) atoms. The Morgan fingerprint density at radius 3 is 2.37 bits per heavy atom. The van der Waals surface area contributed by atoms with Crippen molar-refractivity contribution in [3.63, 3.8) is 0 Å². The van der Waals surface area contributed by atoms with E-state index >= 15 is 4.79 Å². The number of carbonyl (C=O) groups excluding carboxylic acids is 4. The van der Waals surface area contributed by atoms with Crippen LogP contribution in [0.2, 0.25) is 0 Å². The molecule has 0 radical (unpaired) electrons. The summed E-state index contributed by atoms with van der Waals surface area (Å²) < 4.78 is 30.8. The molecule has 5 aliphatic rings. The van der Waals surface area contributed by atoms with E-state index in [9.17, 15) is 19.5 Å². The Labute approximate surface area is 367 Å². The number of hydrogen-bond donors (Lipinski definition) is 3. The van der Waals surface area contributed by atoms with Crippen LogP contribution in [-0.4, -0.2) is 125 Å². The minimum Gasteiger partial charge on any atom is -0.499 e. The summed E-state index contributed by atoms with van der Waals surface area (Å²) in [6.45, 7) is 4.97. The molecule has 8 rings (SSSR count).